The highest BCUT2D eigenvalue weighted by Crippen LogP contribution is 2.27. The summed E-state index contributed by atoms with van der Waals surface area (Å²) in [6.07, 6.45) is 2.99. The van der Waals surface area contributed by atoms with E-state index in [0.29, 0.717) is 0 Å². The van der Waals surface area contributed by atoms with Crippen LogP contribution in [0.4, 0.5) is 0 Å². The fraction of sp³-hybridized carbons (Fsp3) is 0.182. The van der Waals surface area contributed by atoms with Gasteiger partial charge in [0.15, 0.2) is 5.78 Å². The van der Waals surface area contributed by atoms with E-state index in [0.717, 1.165) is 0 Å². The zero-order chi connectivity index (χ0) is 11.4. The van der Waals surface area contributed by atoms with Gasteiger partial charge in [-0.25, -0.2) is 0 Å². The highest BCUT2D eigenvalue weighted by molar-refractivity contribution is 6.32. The normalized spacial score (nSPS) is 10.6. The largest absolute Gasteiger partial charge is 0.506 e. The van der Waals surface area contributed by atoms with Crippen molar-refractivity contribution >= 4 is 17.4 Å². The number of nitrogens with zero attached hydrogens (tertiary/aromatic N) is 1. The van der Waals surface area contributed by atoms with Crippen LogP contribution < -0.4 is 0 Å². The Bertz CT molecular complexity index is 400. The van der Waals surface area contributed by atoms with Crippen molar-refractivity contribution in [1.82, 2.24) is 4.90 Å². The second kappa shape index (κ2) is 4.84. The Morgan fingerprint density at radius 3 is 2.73 bits per heavy atom. The predicted octanol–water partition coefficient (Wildman–Crippen LogP) is 2.30. The van der Waals surface area contributed by atoms with Crippen LogP contribution in [-0.4, -0.2) is 29.9 Å². The van der Waals surface area contributed by atoms with Gasteiger partial charge in [0.25, 0.3) is 0 Å². The van der Waals surface area contributed by atoms with E-state index in [1.807, 2.05) is 14.1 Å². The zero-order valence-electron chi connectivity index (χ0n) is 8.57. The molecule has 0 bridgehead atoms. The Labute approximate surface area is 93.6 Å². The van der Waals surface area contributed by atoms with Gasteiger partial charge in [-0.05, 0) is 12.1 Å². The molecule has 0 saturated carbocycles. The van der Waals surface area contributed by atoms with Crippen LogP contribution in [0.15, 0.2) is 30.5 Å². The van der Waals surface area contributed by atoms with Gasteiger partial charge in [-0.2, -0.15) is 0 Å². The third kappa shape index (κ3) is 2.99. The Morgan fingerprint density at radius 2 is 2.13 bits per heavy atom. The molecule has 0 heterocycles. The van der Waals surface area contributed by atoms with E-state index in [1.54, 1.807) is 17.2 Å². The molecule has 1 aromatic rings. The standard InChI is InChI=1S/C11H12ClNO2/c1-13(2)7-6-10(14)8-4-3-5-9(12)11(8)15/h3-7,15H,1-2H3. The molecule has 4 heteroatoms. The van der Waals surface area contributed by atoms with Crippen molar-refractivity contribution in [2.75, 3.05) is 14.1 Å². The number of rotatable bonds is 3. The number of aromatic hydroxyl groups is 1. The van der Waals surface area contributed by atoms with Crippen molar-refractivity contribution in [2.24, 2.45) is 0 Å². The smallest absolute Gasteiger partial charge is 0.191 e. The minimum Gasteiger partial charge on any atom is -0.506 e. The first kappa shape index (κ1) is 11.6. The van der Waals surface area contributed by atoms with Gasteiger partial charge in [-0.1, -0.05) is 17.7 Å². The maximum Gasteiger partial charge on any atom is 0.191 e. The number of phenolic OH excluding ortho intramolecular Hbond substituents is 1. The SMILES string of the molecule is CN(C)C=CC(=O)c1cccc(Cl)c1O. The zero-order valence-corrected chi connectivity index (χ0v) is 9.32. The molecule has 0 amide bonds. The Hall–Kier alpha value is -1.48. The fourth-order valence-electron chi connectivity index (χ4n) is 1.02. The van der Waals surface area contributed by atoms with Crippen LogP contribution >= 0.6 is 11.6 Å². The number of phenols is 1. The number of halogens is 1. The van der Waals surface area contributed by atoms with Crippen molar-refractivity contribution in [2.45, 2.75) is 0 Å². The fourth-order valence-corrected chi connectivity index (χ4v) is 1.20. The van der Waals surface area contributed by atoms with E-state index in [4.69, 9.17) is 11.6 Å². The average molecular weight is 226 g/mol. The van der Waals surface area contributed by atoms with E-state index >= 15 is 0 Å². The van der Waals surface area contributed by atoms with Gasteiger partial charge in [0.2, 0.25) is 0 Å². The first-order valence-electron chi connectivity index (χ1n) is 4.39. The highest BCUT2D eigenvalue weighted by Gasteiger charge is 2.10. The summed E-state index contributed by atoms with van der Waals surface area (Å²) in [6.45, 7) is 0. The Morgan fingerprint density at radius 1 is 1.47 bits per heavy atom. The minimum atomic E-state index is -0.274. The second-order valence-corrected chi connectivity index (χ2v) is 3.69. The van der Waals surface area contributed by atoms with E-state index < -0.39 is 0 Å². The van der Waals surface area contributed by atoms with Gasteiger partial charge >= 0.3 is 0 Å². The molecule has 0 aliphatic heterocycles. The van der Waals surface area contributed by atoms with Gasteiger partial charge in [0, 0.05) is 26.4 Å². The molecule has 80 valence electrons. The number of para-hydroxylation sites is 1. The van der Waals surface area contributed by atoms with E-state index in [-0.39, 0.29) is 22.1 Å². The molecule has 3 nitrogen and oxygen atoms in total. The van der Waals surface area contributed by atoms with Crippen molar-refractivity contribution in [3.8, 4) is 5.75 Å². The van der Waals surface area contributed by atoms with Crippen molar-refractivity contribution in [1.29, 1.82) is 0 Å². The molecule has 0 fully saturated rings. The molecule has 15 heavy (non-hydrogen) atoms. The molecular formula is C11H12ClNO2. The topological polar surface area (TPSA) is 40.5 Å². The number of carbonyl (C=O) groups is 1. The molecule has 0 saturated heterocycles. The number of hydrogen-bond donors (Lipinski definition) is 1. The summed E-state index contributed by atoms with van der Waals surface area (Å²) < 4.78 is 0. The second-order valence-electron chi connectivity index (χ2n) is 3.28. The maximum atomic E-state index is 11.6. The number of hydrogen-bond acceptors (Lipinski definition) is 3. The lowest BCUT2D eigenvalue weighted by Crippen LogP contribution is -2.03. The van der Waals surface area contributed by atoms with Crippen molar-refractivity contribution in [3.05, 3.63) is 41.1 Å². The molecule has 0 radical (unpaired) electrons. The monoisotopic (exact) mass is 225 g/mol. The Balaban J connectivity index is 2.97. The Kier molecular flexibility index (Phi) is 3.74. The summed E-state index contributed by atoms with van der Waals surface area (Å²) in [4.78, 5) is 13.3. The minimum absolute atomic E-state index is 0.174. The van der Waals surface area contributed by atoms with Gasteiger partial charge in [0.1, 0.15) is 5.75 Å². The summed E-state index contributed by atoms with van der Waals surface area (Å²) in [6, 6.07) is 4.69. The van der Waals surface area contributed by atoms with Crippen molar-refractivity contribution < 1.29 is 9.90 Å². The third-order valence-corrected chi connectivity index (χ3v) is 2.08. The number of benzene rings is 1. The van der Waals surface area contributed by atoms with E-state index in [2.05, 4.69) is 0 Å². The predicted molar refractivity (Wildman–Crippen MR) is 60.3 cm³/mol. The van der Waals surface area contributed by atoms with E-state index in [1.165, 1.54) is 18.2 Å². The van der Waals surface area contributed by atoms with Gasteiger partial charge in [-0.15, -0.1) is 0 Å². The van der Waals surface area contributed by atoms with E-state index in [9.17, 15) is 9.90 Å². The highest BCUT2D eigenvalue weighted by atomic mass is 35.5. The third-order valence-electron chi connectivity index (χ3n) is 1.78. The molecule has 0 atom stereocenters. The molecule has 0 aliphatic rings. The summed E-state index contributed by atoms with van der Waals surface area (Å²) in [5.74, 6) is -0.448. The van der Waals surface area contributed by atoms with Crippen LogP contribution in [0.2, 0.25) is 5.02 Å². The van der Waals surface area contributed by atoms with Crippen LogP contribution in [-0.2, 0) is 0 Å². The molecule has 0 unspecified atom stereocenters. The molecule has 0 spiro atoms. The molecule has 0 aromatic heterocycles. The van der Waals surface area contributed by atoms with Crippen LogP contribution in [0.25, 0.3) is 0 Å². The first-order chi connectivity index (χ1) is 7.02. The lowest BCUT2D eigenvalue weighted by atomic mass is 10.1. The summed E-state index contributed by atoms with van der Waals surface area (Å²) in [7, 11) is 3.61. The van der Waals surface area contributed by atoms with Crippen LogP contribution in [0.1, 0.15) is 10.4 Å². The molecule has 1 aromatic carbocycles. The molecule has 1 N–H and O–H groups in total. The number of carbonyl (C=O) groups excluding carboxylic acids is 1. The lowest BCUT2D eigenvalue weighted by Gasteiger charge is -2.04. The molecule has 0 aliphatic carbocycles. The van der Waals surface area contributed by atoms with Crippen molar-refractivity contribution in [3.63, 3.8) is 0 Å². The maximum absolute atomic E-state index is 11.6. The number of allylic oxidation sites excluding steroid dienone is 1. The van der Waals surface area contributed by atoms with Crippen LogP contribution in [0.3, 0.4) is 0 Å². The summed E-state index contributed by atoms with van der Waals surface area (Å²) in [5.41, 5.74) is 0.209. The van der Waals surface area contributed by atoms with Gasteiger partial charge in [0.05, 0.1) is 10.6 Å². The molecule has 1 rings (SSSR count). The number of ketones is 1. The van der Waals surface area contributed by atoms with Gasteiger partial charge < -0.3 is 10.0 Å². The summed E-state index contributed by atoms with van der Waals surface area (Å²) >= 11 is 5.68. The average Bonchev–Trinajstić information content (AvgIpc) is 2.18. The lowest BCUT2D eigenvalue weighted by molar-refractivity contribution is 0.104. The van der Waals surface area contributed by atoms with Crippen LogP contribution in [0.5, 0.6) is 5.75 Å². The first-order valence-corrected chi connectivity index (χ1v) is 4.76. The van der Waals surface area contributed by atoms with Crippen LogP contribution in [0, 0.1) is 0 Å². The summed E-state index contributed by atoms with van der Waals surface area (Å²) in [5, 5.41) is 9.71. The quantitative estimate of drug-likeness (QED) is 0.634. The van der Waals surface area contributed by atoms with Gasteiger partial charge in [-0.3, -0.25) is 4.79 Å². The molecular weight excluding hydrogens is 214 g/mol.